The zero-order valence-corrected chi connectivity index (χ0v) is 10.5. The van der Waals surface area contributed by atoms with Crippen molar-refractivity contribution in [1.29, 1.82) is 0 Å². The molecule has 0 saturated heterocycles. The van der Waals surface area contributed by atoms with Crippen LogP contribution in [-0.2, 0) is 6.18 Å². The Labute approximate surface area is 109 Å². The first kappa shape index (κ1) is 16.6. The smallest absolute Gasteiger partial charge is 0.319 e. The predicted molar refractivity (Wildman–Crippen MR) is 59.3 cm³/mol. The normalized spacial score (nSPS) is 13.4. The van der Waals surface area contributed by atoms with Crippen molar-refractivity contribution in [3.8, 4) is 0 Å². The van der Waals surface area contributed by atoms with Gasteiger partial charge in [-0.25, -0.2) is 8.78 Å². The highest BCUT2D eigenvalue weighted by Crippen LogP contribution is 2.34. The van der Waals surface area contributed by atoms with E-state index >= 15 is 0 Å². The zero-order valence-electron chi connectivity index (χ0n) is 8.14. The number of hydrogen-bond donors (Lipinski definition) is 1. The van der Waals surface area contributed by atoms with E-state index in [-0.39, 0.29) is 22.4 Å². The molecule has 1 rings (SSSR count). The molecule has 0 aromatic heterocycles. The minimum absolute atomic E-state index is 0. The quantitative estimate of drug-likeness (QED) is 0.804. The Balaban J connectivity index is 0.00000256. The molecule has 17 heavy (non-hydrogen) atoms. The molecule has 0 aliphatic rings. The van der Waals surface area contributed by atoms with Gasteiger partial charge in [-0.1, -0.05) is 15.9 Å². The van der Waals surface area contributed by atoms with Gasteiger partial charge in [-0.15, -0.1) is 12.4 Å². The third kappa shape index (κ3) is 4.08. The number of halogens is 7. The number of hydrogen-bond acceptors (Lipinski definition) is 1. The Morgan fingerprint density at radius 3 is 2.12 bits per heavy atom. The molecule has 8 heteroatoms. The van der Waals surface area contributed by atoms with Gasteiger partial charge in [0.1, 0.15) is 0 Å². The van der Waals surface area contributed by atoms with Crippen LogP contribution < -0.4 is 5.73 Å². The highest BCUT2D eigenvalue weighted by atomic mass is 79.9. The summed E-state index contributed by atoms with van der Waals surface area (Å²) in [7, 11) is 0. The highest BCUT2D eigenvalue weighted by molar-refractivity contribution is 9.10. The lowest BCUT2D eigenvalue weighted by Crippen LogP contribution is -2.20. The van der Waals surface area contributed by atoms with Crippen LogP contribution in [0.5, 0.6) is 0 Å². The summed E-state index contributed by atoms with van der Waals surface area (Å²) in [5, 5.41) is 0. The van der Waals surface area contributed by atoms with Crippen LogP contribution >= 0.6 is 28.3 Å². The summed E-state index contributed by atoms with van der Waals surface area (Å²) in [6, 6.07) is 0.740. The molecule has 0 amide bonds. The summed E-state index contributed by atoms with van der Waals surface area (Å²) < 4.78 is 61.7. The standard InChI is InChI=1S/C9H7BrF5N.ClH/c10-6-2-1-4(9(13,14)15)3-5(6)7(16)8(11)12;/h1-3,7-8H,16H2;1H/t7-;/m0./s1. The van der Waals surface area contributed by atoms with Gasteiger partial charge in [0.05, 0.1) is 11.6 Å². The average molecular weight is 341 g/mol. The first-order chi connectivity index (χ1) is 7.23. The molecule has 0 fully saturated rings. The van der Waals surface area contributed by atoms with Crippen LogP contribution in [0.4, 0.5) is 22.0 Å². The van der Waals surface area contributed by atoms with Crippen LogP contribution in [0.2, 0.25) is 0 Å². The molecule has 0 radical (unpaired) electrons. The van der Waals surface area contributed by atoms with Crippen LogP contribution in [-0.4, -0.2) is 6.43 Å². The second-order valence-corrected chi connectivity index (χ2v) is 3.95. The molecule has 0 bridgehead atoms. The SMILES string of the molecule is Cl.N[C@@H](c1cc(C(F)(F)F)ccc1Br)C(F)F. The van der Waals surface area contributed by atoms with Gasteiger partial charge in [-0.2, -0.15) is 13.2 Å². The number of nitrogens with two attached hydrogens (primary N) is 1. The molecule has 0 saturated carbocycles. The van der Waals surface area contributed by atoms with Gasteiger partial charge in [0, 0.05) is 4.47 Å². The molecular weight excluding hydrogens is 332 g/mol. The number of benzene rings is 1. The molecule has 0 heterocycles. The van der Waals surface area contributed by atoms with Gasteiger partial charge in [-0.05, 0) is 23.8 Å². The molecule has 0 aliphatic heterocycles. The van der Waals surface area contributed by atoms with E-state index in [0.29, 0.717) is 6.07 Å². The summed E-state index contributed by atoms with van der Waals surface area (Å²) in [5.74, 6) is 0. The fraction of sp³-hybridized carbons (Fsp3) is 0.333. The monoisotopic (exact) mass is 339 g/mol. The van der Waals surface area contributed by atoms with E-state index in [9.17, 15) is 22.0 Å². The van der Waals surface area contributed by atoms with E-state index in [1.165, 1.54) is 0 Å². The maximum absolute atomic E-state index is 12.3. The Hall–Kier alpha value is -0.400. The third-order valence-corrected chi connectivity index (χ3v) is 2.68. The van der Waals surface area contributed by atoms with Crippen LogP contribution in [0.25, 0.3) is 0 Å². The maximum Gasteiger partial charge on any atom is 0.416 e. The largest absolute Gasteiger partial charge is 0.416 e. The Morgan fingerprint density at radius 2 is 1.71 bits per heavy atom. The van der Waals surface area contributed by atoms with Crippen molar-refractivity contribution in [2.24, 2.45) is 5.73 Å². The topological polar surface area (TPSA) is 26.0 Å². The van der Waals surface area contributed by atoms with E-state index < -0.39 is 24.2 Å². The van der Waals surface area contributed by atoms with Crippen molar-refractivity contribution in [2.45, 2.75) is 18.6 Å². The molecule has 0 aliphatic carbocycles. The molecule has 1 atom stereocenters. The minimum Gasteiger partial charge on any atom is -0.319 e. The Kier molecular flexibility index (Phi) is 5.83. The van der Waals surface area contributed by atoms with Gasteiger partial charge < -0.3 is 5.73 Å². The second-order valence-electron chi connectivity index (χ2n) is 3.09. The molecule has 0 spiro atoms. The van der Waals surface area contributed by atoms with Crippen LogP contribution in [0.1, 0.15) is 17.2 Å². The molecule has 0 unspecified atom stereocenters. The van der Waals surface area contributed by atoms with Crippen molar-refractivity contribution in [3.63, 3.8) is 0 Å². The van der Waals surface area contributed by atoms with E-state index in [1.54, 1.807) is 0 Å². The highest BCUT2D eigenvalue weighted by Gasteiger charge is 2.32. The van der Waals surface area contributed by atoms with E-state index in [0.717, 1.165) is 12.1 Å². The second kappa shape index (κ2) is 5.97. The Bertz CT molecular complexity index is 382. The van der Waals surface area contributed by atoms with Crippen LogP contribution in [0, 0.1) is 0 Å². The van der Waals surface area contributed by atoms with Gasteiger partial charge in [0.25, 0.3) is 6.43 Å². The predicted octanol–water partition coefficient (Wildman–Crippen LogP) is 4.15. The minimum atomic E-state index is -4.57. The van der Waals surface area contributed by atoms with E-state index in [1.807, 2.05) is 0 Å². The van der Waals surface area contributed by atoms with Gasteiger partial charge >= 0.3 is 6.18 Å². The summed E-state index contributed by atoms with van der Waals surface area (Å²) in [4.78, 5) is 0. The summed E-state index contributed by atoms with van der Waals surface area (Å²) in [6.07, 6.45) is -7.49. The zero-order chi connectivity index (χ0) is 12.5. The lowest BCUT2D eigenvalue weighted by atomic mass is 10.0. The van der Waals surface area contributed by atoms with Gasteiger partial charge in [0.15, 0.2) is 0 Å². The van der Waals surface area contributed by atoms with Crippen LogP contribution in [0.3, 0.4) is 0 Å². The summed E-state index contributed by atoms with van der Waals surface area (Å²) >= 11 is 2.89. The van der Waals surface area contributed by atoms with Crippen molar-refractivity contribution >= 4 is 28.3 Å². The molecular formula is C9H8BrClF5N. The maximum atomic E-state index is 12.3. The lowest BCUT2D eigenvalue weighted by Gasteiger charge is -2.15. The van der Waals surface area contributed by atoms with E-state index in [2.05, 4.69) is 15.9 Å². The van der Waals surface area contributed by atoms with Crippen molar-refractivity contribution < 1.29 is 22.0 Å². The van der Waals surface area contributed by atoms with Crippen molar-refractivity contribution in [3.05, 3.63) is 33.8 Å². The number of rotatable bonds is 2. The molecule has 1 aromatic rings. The lowest BCUT2D eigenvalue weighted by molar-refractivity contribution is -0.137. The molecule has 98 valence electrons. The van der Waals surface area contributed by atoms with Crippen LogP contribution in [0.15, 0.2) is 22.7 Å². The first-order valence-electron chi connectivity index (χ1n) is 4.14. The van der Waals surface area contributed by atoms with Crippen molar-refractivity contribution in [1.82, 2.24) is 0 Å². The summed E-state index contributed by atoms with van der Waals surface area (Å²) in [5.41, 5.74) is 3.85. The molecule has 1 aromatic carbocycles. The van der Waals surface area contributed by atoms with Crippen molar-refractivity contribution in [2.75, 3.05) is 0 Å². The fourth-order valence-electron chi connectivity index (χ4n) is 1.11. The molecule has 1 nitrogen and oxygen atoms in total. The molecule has 2 N–H and O–H groups in total. The van der Waals surface area contributed by atoms with Gasteiger partial charge in [-0.3, -0.25) is 0 Å². The first-order valence-corrected chi connectivity index (χ1v) is 4.93. The Morgan fingerprint density at radius 1 is 1.18 bits per heavy atom. The van der Waals surface area contributed by atoms with E-state index in [4.69, 9.17) is 5.73 Å². The third-order valence-electron chi connectivity index (χ3n) is 1.95. The van der Waals surface area contributed by atoms with Gasteiger partial charge in [0.2, 0.25) is 0 Å². The summed E-state index contributed by atoms with van der Waals surface area (Å²) in [6.45, 7) is 0. The fourth-order valence-corrected chi connectivity index (χ4v) is 1.62. The average Bonchev–Trinajstić information content (AvgIpc) is 2.15. The number of alkyl halides is 5.